The Morgan fingerprint density at radius 1 is 1.29 bits per heavy atom. The number of carbonyl (C=O) groups excluding carboxylic acids is 2. The van der Waals surface area contributed by atoms with Gasteiger partial charge in [-0.25, -0.2) is 18.2 Å². The van der Waals surface area contributed by atoms with Crippen LogP contribution in [0.1, 0.15) is 40.5 Å². The molecule has 0 radical (unpaired) electrons. The van der Waals surface area contributed by atoms with Crippen LogP contribution in [0.5, 0.6) is 0 Å². The van der Waals surface area contributed by atoms with Gasteiger partial charge in [-0.2, -0.15) is 4.31 Å². The highest BCUT2D eigenvalue weighted by Crippen LogP contribution is 2.25. The molecule has 0 unspecified atom stereocenters. The molecule has 3 heterocycles. The first-order chi connectivity index (χ1) is 14.5. The minimum atomic E-state index is -3.68. The van der Waals surface area contributed by atoms with E-state index < -0.39 is 16.0 Å². The Morgan fingerprint density at radius 2 is 1.94 bits per heavy atom. The molecule has 0 N–H and O–H groups in total. The van der Waals surface area contributed by atoms with Crippen molar-refractivity contribution < 1.29 is 27.2 Å². The molecule has 11 heteroatoms. The third kappa shape index (κ3) is 4.67. The summed E-state index contributed by atoms with van der Waals surface area (Å²) in [6.45, 7) is 4.14. The van der Waals surface area contributed by atoms with Crippen LogP contribution in [-0.4, -0.2) is 66.3 Å². The van der Waals surface area contributed by atoms with Gasteiger partial charge in [0.15, 0.2) is 5.03 Å². The van der Waals surface area contributed by atoms with Gasteiger partial charge in [0.25, 0.3) is 10.0 Å². The van der Waals surface area contributed by atoms with E-state index in [-0.39, 0.29) is 36.5 Å². The molecule has 1 aliphatic heterocycles. The molecule has 0 spiro atoms. The number of amides is 1. The lowest BCUT2D eigenvalue weighted by molar-refractivity contribution is -0.136. The lowest BCUT2D eigenvalue weighted by Gasteiger charge is -2.31. The molecule has 2 aromatic rings. The van der Waals surface area contributed by atoms with E-state index in [4.69, 9.17) is 9.15 Å². The highest BCUT2D eigenvalue weighted by atomic mass is 32.2. The molecule has 0 aliphatic carbocycles. The van der Waals surface area contributed by atoms with E-state index in [0.717, 1.165) is 0 Å². The normalized spacial score (nSPS) is 15.8. The second kappa shape index (κ2) is 8.83. The smallest absolute Gasteiger partial charge is 0.341 e. The zero-order valence-electron chi connectivity index (χ0n) is 18.4. The Bertz CT molecular complexity index is 1060. The largest absolute Gasteiger partial charge is 0.465 e. The topological polar surface area (TPSA) is 115 Å². The van der Waals surface area contributed by atoms with E-state index in [9.17, 15) is 18.0 Å². The van der Waals surface area contributed by atoms with Crippen molar-refractivity contribution in [3.8, 4) is 0 Å². The van der Waals surface area contributed by atoms with Gasteiger partial charge in [-0.15, -0.1) is 0 Å². The fourth-order valence-electron chi connectivity index (χ4n) is 3.68. The number of piperidine rings is 1. The summed E-state index contributed by atoms with van der Waals surface area (Å²) in [5, 5.41) is 0.0315. The van der Waals surface area contributed by atoms with Crippen LogP contribution >= 0.6 is 0 Å². The maximum absolute atomic E-state index is 12.9. The fourth-order valence-corrected chi connectivity index (χ4v) is 5.18. The quantitative estimate of drug-likeness (QED) is 0.610. The third-order valence-corrected chi connectivity index (χ3v) is 7.41. The van der Waals surface area contributed by atoms with Gasteiger partial charge in [0.05, 0.1) is 13.7 Å². The van der Waals surface area contributed by atoms with Gasteiger partial charge < -0.3 is 18.6 Å². The van der Waals surface area contributed by atoms with Crippen molar-refractivity contribution in [1.82, 2.24) is 18.8 Å². The molecule has 170 valence electrons. The van der Waals surface area contributed by atoms with Crippen LogP contribution in [0.2, 0.25) is 0 Å². The number of aromatic nitrogens is 2. The highest BCUT2D eigenvalue weighted by molar-refractivity contribution is 7.89. The standard InChI is InChI=1S/C20H28N4O6S/c1-13-17(20(26)29-5)10-16(30-13)11-23(4)19(25)15-6-8-24(9-7-15)31(27,28)18-12-22(3)14(2)21-18/h10,12,15H,6-9,11H2,1-5H3. The summed E-state index contributed by atoms with van der Waals surface area (Å²) < 4.78 is 39.0. The summed E-state index contributed by atoms with van der Waals surface area (Å²) in [6.07, 6.45) is 2.36. The number of furan rings is 1. The molecule has 1 amide bonds. The summed E-state index contributed by atoms with van der Waals surface area (Å²) in [7, 11) is 1.03. The molecular weight excluding hydrogens is 424 g/mol. The molecule has 1 saturated heterocycles. The molecule has 10 nitrogen and oxygen atoms in total. The molecule has 3 rings (SSSR count). The van der Waals surface area contributed by atoms with E-state index in [1.165, 1.54) is 22.5 Å². The number of sulfonamides is 1. The van der Waals surface area contributed by atoms with Crippen molar-refractivity contribution in [1.29, 1.82) is 0 Å². The number of carbonyl (C=O) groups is 2. The van der Waals surface area contributed by atoms with Crippen LogP contribution in [0.4, 0.5) is 0 Å². The first-order valence-corrected chi connectivity index (χ1v) is 11.4. The van der Waals surface area contributed by atoms with Gasteiger partial charge in [0, 0.05) is 39.3 Å². The number of imidazole rings is 1. The van der Waals surface area contributed by atoms with Crippen LogP contribution in [0.15, 0.2) is 21.7 Å². The summed E-state index contributed by atoms with van der Waals surface area (Å²) in [4.78, 5) is 30.3. The van der Waals surface area contributed by atoms with Crippen molar-refractivity contribution in [2.45, 2.75) is 38.3 Å². The van der Waals surface area contributed by atoms with Crippen molar-refractivity contribution in [2.75, 3.05) is 27.2 Å². The van der Waals surface area contributed by atoms with E-state index in [2.05, 4.69) is 4.98 Å². The third-order valence-electron chi connectivity index (χ3n) is 5.64. The monoisotopic (exact) mass is 452 g/mol. The lowest BCUT2D eigenvalue weighted by atomic mass is 9.96. The van der Waals surface area contributed by atoms with Crippen molar-refractivity contribution in [3.63, 3.8) is 0 Å². The van der Waals surface area contributed by atoms with Gasteiger partial charge in [-0.1, -0.05) is 0 Å². The SMILES string of the molecule is COC(=O)c1cc(CN(C)C(=O)C2CCN(S(=O)(=O)c3cn(C)c(C)n3)CC2)oc1C. The summed E-state index contributed by atoms with van der Waals surface area (Å²) in [5.74, 6) is 0.689. The Morgan fingerprint density at radius 3 is 2.48 bits per heavy atom. The predicted octanol–water partition coefficient (Wildman–Crippen LogP) is 1.48. The van der Waals surface area contributed by atoms with Gasteiger partial charge in [0.1, 0.15) is 22.9 Å². The van der Waals surface area contributed by atoms with Crippen LogP contribution < -0.4 is 0 Å². The summed E-state index contributed by atoms with van der Waals surface area (Å²) >= 11 is 0. The highest BCUT2D eigenvalue weighted by Gasteiger charge is 2.34. The zero-order chi connectivity index (χ0) is 22.9. The maximum atomic E-state index is 12.9. The number of aryl methyl sites for hydroxylation is 3. The van der Waals surface area contributed by atoms with Crippen LogP contribution in [0, 0.1) is 19.8 Å². The number of esters is 1. The first-order valence-electron chi connectivity index (χ1n) is 9.97. The fraction of sp³-hybridized carbons (Fsp3) is 0.550. The minimum Gasteiger partial charge on any atom is -0.465 e. The number of hydrogen-bond acceptors (Lipinski definition) is 7. The average Bonchev–Trinajstić information content (AvgIpc) is 3.28. The Kier molecular flexibility index (Phi) is 6.56. The van der Waals surface area contributed by atoms with Gasteiger partial charge >= 0.3 is 5.97 Å². The van der Waals surface area contributed by atoms with Gasteiger partial charge in [0.2, 0.25) is 5.91 Å². The molecule has 31 heavy (non-hydrogen) atoms. The Balaban J connectivity index is 1.60. The van der Waals surface area contributed by atoms with E-state index in [1.54, 1.807) is 38.6 Å². The second-order valence-corrected chi connectivity index (χ2v) is 9.67. The first kappa shape index (κ1) is 23.0. The lowest BCUT2D eigenvalue weighted by Crippen LogP contribution is -2.43. The molecule has 0 aromatic carbocycles. The van der Waals surface area contributed by atoms with Crippen LogP contribution in [0.3, 0.4) is 0 Å². The molecule has 0 saturated carbocycles. The van der Waals surface area contributed by atoms with Gasteiger partial charge in [-0.05, 0) is 32.8 Å². The van der Waals surface area contributed by atoms with Crippen molar-refractivity contribution in [2.24, 2.45) is 13.0 Å². The Labute approximate surface area is 181 Å². The Hall–Kier alpha value is -2.66. The van der Waals surface area contributed by atoms with E-state index >= 15 is 0 Å². The second-order valence-electron chi connectivity index (χ2n) is 7.78. The number of nitrogens with zero attached hydrogens (tertiary/aromatic N) is 4. The number of rotatable bonds is 6. The summed E-state index contributed by atoms with van der Waals surface area (Å²) in [6, 6.07) is 1.58. The molecule has 1 fully saturated rings. The van der Waals surface area contributed by atoms with Crippen molar-refractivity contribution in [3.05, 3.63) is 35.2 Å². The summed E-state index contributed by atoms with van der Waals surface area (Å²) in [5.41, 5.74) is 0.335. The van der Waals surface area contributed by atoms with Crippen LogP contribution in [-0.2, 0) is 33.1 Å². The molecule has 2 aromatic heterocycles. The molecule has 1 aliphatic rings. The van der Waals surface area contributed by atoms with Gasteiger partial charge in [-0.3, -0.25) is 4.79 Å². The molecular formula is C20H28N4O6S. The molecule has 0 atom stereocenters. The maximum Gasteiger partial charge on any atom is 0.341 e. The number of methoxy groups -OCH3 is 1. The van der Waals surface area contributed by atoms with Crippen molar-refractivity contribution >= 4 is 21.9 Å². The number of hydrogen-bond donors (Lipinski definition) is 0. The predicted molar refractivity (Wildman–Crippen MR) is 111 cm³/mol. The van der Waals surface area contributed by atoms with E-state index in [0.29, 0.717) is 35.7 Å². The van der Waals surface area contributed by atoms with Crippen LogP contribution in [0.25, 0.3) is 0 Å². The average molecular weight is 453 g/mol. The van der Waals surface area contributed by atoms with E-state index in [1.807, 2.05) is 0 Å². The molecule has 0 bridgehead atoms. The minimum absolute atomic E-state index is 0.0315. The zero-order valence-corrected chi connectivity index (χ0v) is 19.2. The number of ether oxygens (including phenoxy) is 1.